The number of benzene rings is 1. The quantitative estimate of drug-likeness (QED) is 0.644. The Hall–Kier alpha value is -2.04. The highest BCUT2D eigenvalue weighted by molar-refractivity contribution is 5.90. The summed E-state index contributed by atoms with van der Waals surface area (Å²) in [6, 6.07) is 7.07. The second-order valence-electron chi connectivity index (χ2n) is 5.52. The van der Waals surface area contributed by atoms with E-state index in [0.717, 1.165) is 17.9 Å². The summed E-state index contributed by atoms with van der Waals surface area (Å²) in [5.41, 5.74) is 1.52. The van der Waals surface area contributed by atoms with Gasteiger partial charge >= 0.3 is 12.0 Å². The number of urea groups is 1. The molecule has 1 aromatic carbocycles. The van der Waals surface area contributed by atoms with E-state index in [4.69, 9.17) is 5.11 Å². The second-order valence-corrected chi connectivity index (χ2v) is 5.52. The lowest BCUT2D eigenvalue weighted by Crippen LogP contribution is -2.30. The van der Waals surface area contributed by atoms with Gasteiger partial charge in [-0.15, -0.1) is 0 Å². The molecule has 5 heteroatoms. The van der Waals surface area contributed by atoms with Crippen LogP contribution in [-0.2, 0) is 11.2 Å². The van der Waals surface area contributed by atoms with Crippen molar-refractivity contribution in [3.63, 3.8) is 0 Å². The fraction of sp³-hybridized carbons (Fsp3) is 0.500. The number of nitrogens with one attached hydrogen (secondary N) is 2. The summed E-state index contributed by atoms with van der Waals surface area (Å²) in [6.45, 7) is 0.680. The second kappa shape index (κ2) is 7.67. The first kappa shape index (κ1) is 15.4. The maximum absolute atomic E-state index is 11.8. The predicted molar refractivity (Wildman–Crippen MR) is 81.4 cm³/mol. The molecule has 21 heavy (non-hydrogen) atoms. The number of carbonyl (C=O) groups is 2. The number of aryl methyl sites for hydroxylation is 1. The lowest BCUT2D eigenvalue weighted by atomic mass is 10.1. The number of para-hydroxylation sites is 1. The molecule has 0 saturated heterocycles. The number of hydrogen-bond donors (Lipinski definition) is 3. The molecule has 2 rings (SSSR count). The topological polar surface area (TPSA) is 78.4 Å². The van der Waals surface area contributed by atoms with Crippen LogP contribution in [0.15, 0.2) is 24.3 Å². The van der Waals surface area contributed by atoms with Crippen molar-refractivity contribution in [1.29, 1.82) is 0 Å². The first-order valence-electron chi connectivity index (χ1n) is 7.49. The first-order chi connectivity index (χ1) is 10.1. The van der Waals surface area contributed by atoms with Gasteiger partial charge in [-0.3, -0.25) is 4.79 Å². The van der Waals surface area contributed by atoms with Gasteiger partial charge in [-0.05, 0) is 36.8 Å². The third-order valence-electron chi connectivity index (χ3n) is 3.65. The van der Waals surface area contributed by atoms with Crippen LogP contribution in [-0.4, -0.2) is 23.7 Å². The van der Waals surface area contributed by atoms with Crippen LogP contribution in [0, 0.1) is 5.92 Å². The van der Waals surface area contributed by atoms with E-state index in [1.54, 1.807) is 6.07 Å². The number of amides is 2. The molecule has 1 aromatic rings. The molecule has 0 aromatic heterocycles. The van der Waals surface area contributed by atoms with Crippen LogP contribution < -0.4 is 10.6 Å². The molecule has 0 aliphatic heterocycles. The summed E-state index contributed by atoms with van der Waals surface area (Å²) < 4.78 is 0. The van der Waals surface area contributed by atoms with Gasteiger partial charge in [0.2, 0.25) is 0 Å². The predicted octanol–water partition coefficient (Wildman–Crippen LogP) is 3.02. The van der Waals surface area contributed by atoms with Gasteiger partial charge in [0.25, 0.3) is 0 Å². The van der Waals surface area contributed by atoms with Crippen molar-refractivity contribution in [1.82, 2.24) is 5.32 Å². The standard InChI is InChI=1S/C16H22N2O3/c19-15(20)10-9-13-5-1-2-6-14(13)18-16(21)17-11-3-4-12-7-8-12/h1-2,5-6,12H,3-4,7-11H2,(H,19,20)(H2,17,18,21). The lowest BCUT2D eigenvalue weighted by Gasteiger charge is -2.11. The molecule has 1 aliphatic carbocycles. The largest absolute Gasteiger partial charge is 0.481 e. The summed E-state index contributed by atoms with van der Waals surface area (Å²) in [6.07, 6.45) is 5.34. The maximum atomic E-state index is 11.8. The molecule has 0 heterocycles. The highest BCUT2D eigenvalue weighted by Crippen LogP contribution is 2.33. The van der Waals surface area contributed by atoms with Crippen LogP contribution >= 0.6 is 0 Å². The van der Waals surface area contributed by atoms with Crippen LogP contribution in [0.4, 0.5) is 10.5 Å². The van der Waals surface area contributed by atoms with Crippen molar-refractivity contribution < 1.29 is 14.7 Å². The normalized spacial score (nSPS) is 13.7. The van der Waals surface area contributed by atoms with Crippen molar-refractivity contribution in [2.24, 2.45) is 5.92 Å². The molecule has 0 radical (unpaired) electrons. The van der Waals surface area contributed by atoms with E-state index < -0.39 is 5.97 Å². The van der Waals surface area contributed by atoms with Crippen molar-refractivity contribution in [2.45, 2.75) is 38.5 Å². The highest BCUT2D eigenvalue weighted by Gasteiger charge is 2.20. The SMILES string of the molecule is O=C(O)CCc1ccccc1NC(=O)NCCCC1CC1. The maximum Gasteiger partial charge on any atom is 0.319 e. The van der Waals surface area contributed by atoms with Gasteiger partial charge < -0.3 is 15.7 Å². The zero-order chi connectivity index (χ0) is 15.1. The summed E-state index contributed by atoms with van der Waals surface area (Å²) in [5.74, 6) is 0.0425. The van der Waals surface area contributed by atoms with E-state index in [2.05, 4.69) is 10.6 Å². The summed E-state index contributed by atoms with van der Waals surface area (Å²) >= 11 is 0. The van der Waals surface area contributed by atoms with E-state index in [-0.39, 0.29) is 12.5 Å². The molecule has 0 spiro atoms. The highest BCUT2D eigenvalue weighted by atomic mass is 16.4. The molecule has 114 valence electrons. The molecular formula is C16H22N2O3. The van der Waals surface area contributed by atoms with E-state index >= 15 is 0 Å². The Kier molecular flexibility index (Phi) is 5.60. The molecular weight excluding hydrogens is 268 g/mol. The van der Waals surface area contributed by atoms with Crippen molar-refractivity contribution in [3.05, 3.63) is 29.8 Å². The van der Waals surface area contributed by atoms with Gasteiger partial charge in [-0.2, -0.15) is 0 Å². The van der Waals surface area contributed by atoms with Gasteiger partial charge in [-0.25, -0.2) is 4.79 Å². The van der Waals surface area contributed by atoms with E-state index in [1.807, 2.05) is 18.2 Å². The number of aliphatic carboxylic acids is 1. The molecule has 0 bridgehead atoms. The molecule has 3 N–H and O–H groups in total. The molecule has 0 unspecified atom stereocenters. The van der Waals surface area contributed by atoms with Crippen LogP contribution in [0.1, 0.15) is 37.7 Å². The number of carboxylic acid groups (broad SMARTS) is 1. The minimum absolute atomic E-state index is 0.0572. The number of rotatable bonds is 8. The number of hydrogen-bond acceptors (Lipinski definition) is 2. The first-order valence-corrected chi connectivity index (χ1v) is 7.49. The summed E-state index contributed by atoms with van der Waals surface area (Å²) in [5, 5.41) is 14.4. The number of anilines is 1. The van der Waals surface area contributed by atoms with Gasteiger partial charge in [0.1, 0.15) is 0 Å². The third kappa shape index (κ3) is 5.85. The fourth-order valence-corrected chi connectivity index (χ4v) is 2.27. The Labute approximate surface area is 124 Å². The zero-order valence-electron chi connectivity index (χ0n) is 12.1. The third-order valence-corrected chi connectivity index (χ3v) is 3.65. The van der Waals surface area contributed by atoms with Crippen LogP contribution in [0.25, 0.3) is 0 Å². The molecule has 1 saturated carbocycles. The molecule has 5 nitrogen and oxygen atoms in total. The van der Waals surface area contributed by atoms with E-state index in [0.29, 0.717) is 18.7 Å². The number of carboxylic acids is 1. The molecule has 2 amide bonds. The molecule has 1 aliphatic rings. The van der Waals surface area contributed by atoms with E-state index in [1.165, 1.54) is 19.3 Å². The van der Waals surface area contributed by atoms with E-state index in [9.17, 15) is 9.59 Å². The van der Waals surface area contributed by atoms with Crippen molar-refractivity contribution in [3.8, 4) is 0 Å². The molecule has 0 atom stereocenters. The Balaban J connectivity index is 1.77. The van der Waals surface area contributed by atoms with Gasteiger partial charge in [-0.1, -0.05) is 31.0 Å². The Morgan fingerprint density at radius 3 is 2.71 bits per heavy atom. The number of carbonyl (C=O) groups excluding carboxylic acids is 1. The van der Waals surface area contributed by atoms with Crippen LogP contribution in [0.3, 0.4) is 0 Å². The Morgan fingerprint density at radius 1 is 1.24 bits per heavy atom. The monoisotopic (exact) mass is 290 g/mol. The lowest BCUT2D eigenvalue weighted by molar-refractivity contribution is -0.136. The fourth-order valence-electron chi connectivity index (χ4n) is 2.27. The minimum atomic E-state index is -0.839. The minimum Gasteiger partial charge on any atom is -0.481 e. The van der Waals surface area contributed by atoms with Crippen LogP contribution in [0.2, 0.25) is 0 Å². The Bertz CT molecular complexity index is 498. The van der Waals surface area contributed by atoms with Gasteiger partial charge in [0.15, 0.2) is 0 Å². The van der Waals surface area contributed by atoms with Crippen LogP contribution in [0.5, 0.6) is 0 Å². The average molecular weight is 290 g/mol. The molecule has 1 fully saturated rings. The van der Waals surface area contributed by atoms with Crippen molar-refractivity contribution in [2.75, 3.05) is 11.9 Å². The summed E-state index contributed by atoms with van der Waals surface area (Å²) in [4.78, 5) is 22.5. The van der Waals surface area contributed by atoms with Gasteiger partial charge in [0, 0.05) is 18.7 Å². The van der Waals surface area contributed by atoms with Crippen molar-refractivity contribution >= 4 is 17.7 Å². The summed E-state index contributed by atoms with van der Waals surface area (Å²) in [7, 11) is 0. The van der Waals surface area contributed by atoms with Gasteiger partial charge in [0.05, 0.1) is 0 Å². The smallest absolute Gasteiger partial charge is 0.319 e. The Morgan fingerprint density at radius 2 is 2.00 bits per heavy atom. The average Bonchev–Trinajstić information content (AvgIpc) is 3.27. The zero-order valence-corrected chi connectivity index (χ0v) is 12.1.